The van der Waals surface area contributed by atoms with Crippen molar-refractivity contribution in [3.63, 3.8) is 0 Å². The van der Waals surface area contributed by atoms with Crippen LogP contribution < -0.4 is 5.32 Å². The Balaban J connectivity index is 2.63. The van der Waals surface area contributed by atoms with Crippen LogP contribution in [0, 0.1) is 0 Å². The molecule has 1 aromatic rings. The summed E-state index contributed by atoms with van der Waals surface area (Å²) in [5.74, 6) is 0. The van der Waals surface area contributed by atoms with Gasteiger partial charge in [-0.2, -0.15) is 0 Å². The SMILES string of the molecule is C=CCN(CCC)Cc1cccc(CNC)c1. The molecule has 0 saturated heterocycles. The van der Waals surface area contributed by atoms with Crippen LogP contribution in [0.15, 0.2) is 36.9 Å². The molecule has 0 aromatic heterocycles. The summed E-state index contributed by atoms with van der Waals surface area (Å²) in [7, 11) is 1.98. The van der Waals surface area contributed by atoms with E-state index in [4.69, 9.17) is 0 Å². The zero-order valence-corrected chi connectivity index (χ0v) is 11.1. The molecule has 0 heterocycles. The monoisotopic (exact) mass is 232 g/mol. The first-order chi connectivity index (χ1) is 8.30. The summed E-state index contributed by atoms with van der Waals surface area (Å²) >= 11 is 0. The molecule has 1 aromatic carbocycles. The summed E-state index contributed by atoms with van der Waals surface area (Å²) in [6.45, 7) is 10.1. The second kappa shape index (κ2) is 8.04. The van der Waals surface area contributed by atoms with Crippen molar-refractivity contribution in [2.45, 2.75) is 26.4 Å². The van der Waals surface area contributed by atoms with Gasteiger partial charge in [0.1, 0.15) is 0 Å². The van der Waals surface area contributed by atoms with Gasteiger partial charge in [-0.05, 0) is 31.1 Å². The fraction of sp³-hybridized carbons (Fsp3) is 0.467. The van der Waals surface area contributed by atoms with E-state index in [2.05, 4.69) is 48.0 Å². The van der Waals surface area contributed by atoms with Crippen LogP contribution in [0.3, 0.4) is 0 Å². The van der Waals surface area contributed by atoms with Crippen molar-refractivity contribution in [1.29, 1.82) is 0 Å². The Bertz CT molecular complexity index is 333. The van der Waals surface area contributed by atoms with Gasteiger partial charge in [-0.1, -0.05) is 37.3 Å². The van der Waals surface area contributed by atoms with Crippen molar-refractivity contribution in [2.75, 3.05) is 20.1 Å². The van der Waals surface area contributed by atoms with Crippen LogP contribution in [0.2, 0.25) is 0 Å². The van der Waals surface area contributed by atoms with E-state index in [1.807, 2.05) is 13.1 Å². The zero-order chi connectivity index (χ0) is 12.5. The third kappa shape index (κ3) is 5.16. The van der Waals surface area contributed by atoms with Crippen LogP contribution in [-0.2, 0) is 13.1 Å². The maximum absolute atomic E-state index is 3.82. The highest BCUT2D eigenvalue weighted by Gasteiger charge is 2.03. The van der Waals surface area contributed by atoms with Crippen molar-refractivity contribution in [1.82, 2.24) is 10.2 Å². The van der Waals surface area contributed by atoms with Crippen molar-refractivity contribution < 1.29 is 0 Å². The summed E-state index contributed by atoms with van der Waals surface area (Å²) in [6.07, 6.45) is 3.16. The first kappa shape index (κ1) is 13.9. The summed E-state index contributed by atoms with van der Waals surface area (Å²) in [4.78, 5) is 2.42. The molecule has 0 aliphatic carbocycles. The van der Waals surface area contributed by atoms with Gasteiger partial charge in [0.15, 0.2) is 0 Å². The lowest BCUT2D eigenvalue weighted by atomic mass is 10.1. The Hall–Kier alpha value is -1.12. The van der Waals surface area contributed by atoms with Gasteiger partial charge in [0.05, 0.1) is 0 Å². The lowest BCUT2D eigenvalue weighted by molar-refractivity contribution is 0.295. The van der Waals surface area contributed by atoms with Crippen LogP contribution in [0.4, 0.5) is 0 Å². The minimum atomic E-state index is 0.934. The Morgan fingerprint density at radius 3 is 2.76 bits per heavy atom. The summed E-state index contributed by atoms with van der Waals surface area (Å²) in [5.41, 5.74) is 2.73. The molecule has 2 heteroatoms. The standard InChI is InChI=1S/C15H24N2/c1-4-9-17(10-5-2)13-15-8-6-7-14(11-15)12-16-3/h4,6-8,11,16H,1,5,9-10,12-13H2,2-3H3. The second-order valence-electron chi connectivity index (χ2n) is 4.37. The Labute approximate surface area is 105 Å². The molecule has 0 spiro atoms. The van der Waals surface area contributed by atoms with Crippen molar-refractivity contribution in [3.05, 3.63) is 48.0 Å². The molecule has 17 heavy (non-hydrogen) atoms. The third-order valence-electron chi connectivity index (χ3n) is 2.71. The van der Waals surface area contributed by atoms with E-state index in [-0.39, 0.29) is 0 Å². The van der Waals surface area contributed by atoms with Gasteiger partial charge in [0.25, 0.3) is 0 Å². The molecule has 94 valence electrons. The maximum Gasteiger partial charge on any atom is 0.0237 e. The molecule has 1 N–H and O–H groups in total. The van der Waals surface area contributed by atoms with E-state index in [1.54, 1.807) is 0 Å². The van der Waals surface area contributed by atoms with Crippen molar-refractivity contribution >= 4 is 0 Å². The first-order valence-corrected chi connectivity index (χ1v) is 6.35. The number of hydrogen-bond donors (Lipinski definition) is 1. The van der Waals surface area contributed by atoms with E-state index in [1.165, 1.54) is 17.5 Å². The predicted octanol–water partition coefficient (Wildman–Crippen LogP) is 2.80. The van der Waals surface area contributed by atoms with Crippen LogP contribution >= 0.6 is 0 Å². The lowest BCUT2D eigenvalue weighted by Gasteiger charge is -2.20. The predicted molar refractivity (Wildman–Crippen MR) is 75.0 cm³/mol. The fourth-order valence-corrected chi connectivity index (χ4v) is 2.03. The molecule has 0 saturated carbocycles. The largest absolute Gasteiger partial charge is 0.316 e. The molecule has 0 aliphatic rings. The van der Waals surface area contributed by atoms with Gasteiger partial charge in [-0.25, -0.2) is 0 Å². The van der Waals surface area contributed by atoms with Crippen LogP contribution in [0.5, 0.6) is 0 Å². The lowest BCUT2D eigenvalue weighted by Crippen LogP contribution is -2.24. The molecule has 0 fully saturated rings. The highest BCUT2D eigenvalue weighted by molar-refractivity contribution is 5.23. The Morgan fingerprint density at radius 2 is 2.12 bits per heavy atom. The molecule has 0 unspecified atom stereocenters. The molecule has 0 amide bonds. The topological polar surface area (TPSA) is 15.3 Å². The van der Waals surface area contributed by atoms with E-state index in [9.17, 15) is 0 Å². The van der Waals surface area contributed by atoms with Crippen LogP contribution in [0.1, 0.15) is 24.5 Å². The number of hydrogen-bond acceptors (Lipinski definition) is 2. The summed E-state index contributed by atoms with van der Waals surface area (Å²) in [6, 6.07) is 8.78. The second-order valence-corrected chi connectivity index (χ2v) is 4.37. The molecule has 0 aliphatic heterocycles. The molecular weight excluding hydrogens is 208 g/mol. The third-order valence-corrected chi connectivity index (χ3v) is 2.71. The van der Waals surface area contributed by atoms with Crippen LogP contribution in [-0.4, -0.2) is 25.0 Å². The normalized spacial score (nSPS) is 10.8. The van der Waals surface area contributed by atoms with E-state index in [0.29, 0.717) is 0 Å². The van der Waals surface area contributed by atoms with Gasteiger partial charge in [0, 0.05) is 19.6 Å². The number of benzene rings is 1. The minimum Gasteiger partial charge on any atom is -0.316 e. The van der Waals surface area contributed by atoms with Gasteiger partial charge < -0.3 is 5.32 Å². The maximum atomic E-state index is 3.82. The Kier molecular flexibility index (Phi) is 6.60. The fourth-order valence-electron chi connectivity index (χ4n) is 2.03. The van der Waals surface area contributed by atoms with Crippen molar-refractivity contribution in [2.24, 2.45) is 0 Å². The average molecular weight is 232 g/mol. The van der Waals surface area contributed by atoms with Crippen molar-refractivity contribution in [3.8, 4) is 0 Å². The van der Waals surface area contributed by atoms with E-state index >= 15 is 0 Å². The molecule has 0 radical (unpaired) electrons. The Morgan fingerprint density at radius 1 is 1.35 bits per heavy atom. The number of nitrogens with zero attached hydrogens (tertiary/aromatic N) is 1. The highest BCUT2D eigenvalue weighted by atomic mass is 15.1. The first-order valence-electron chi connectivity index (χ1n) is 6.35. The molecule has 2 nitrogen and oxygen atoms in total. The highest BCUT2D eigenvalue weighted by Crippen LogP contribution is 2.09. The minimum absolute atomic E-state index is 0.934. The van der Waals surface area contributed by atoms with E-state index < -0.39 is 0 Å². The average Bonchev–Trinajstić information content (AvgIpc) is 2.30. The molecule has 0 bridgehead atoms. The smallest absolute Gasteiger partial charge is 0.0237 e. The zero-order valence-electron chi connectivity index (χ0n) is 11.1. The molecule has 0 atom stereocenters. The van der Waals surface area contributed by atoms with Crippen LogP contribution in [0.25, 0.3) is 0 Å². The van der Waals surface area contributed by atoms with Gasteiger partial charge >= 0.3 is 0 Å². The van der Waals surface area contributed by atoms with Gasteiger partial charge in [-0.15, -0.1) is 6.58 Å². The molecular formula is C15H24N2. The van der Waals surface area contributed by atoms with Gasteiger partial charge in [-0.3, -0.25) is 4.90 Å². The van der Waals surface area contributed by atoms with E-state index in [0.717, 1.165) is 26.2 Å². The number of rotatable bonds is 8. The van der Waals surface area contributed by atoms with Gasteiger partial charge in [0.2, 0.25) is 0 Å². The number of nitrogens with one attached hydrogen (secondary N) is 1. The summed E-state index contributed by atoms with van der Waals surface area (Å²) < 4.78 is 0. The molecule has 1 rings (SSSR count). The summed E-state index contributed by atoms with van der Waals surface area (Å²) in [5, 5.41) is 3.19. The quantitative estimate of drug-likeness (QED) is 0.693.